The summed E-state index contributed by atoms with van der Waals surface area (Å²) in [6.45, 7) is 7.02. The maximum absolute atomic E-state index is 13.1. The average molecular weight is 251 g/mol. The van der Waals surface area contributed by atoms with Crippen LogP contribution in [0.4, 0.5) is 4.39 Å². The van der Waals surface area contributed by atoms with Gasteiger partial charge in [-0.15, -0.1) is 0 Å². The van der Waals surface area contributed by atoms with E-state index in [0.29, 0.717) is 0 Å². The van der Waals surface area contributed by atoms with E-state index >= 15 is 0 Å². The van der Waals surface area contributed by atoms with Gasteiger partial charge in [-0.1, -0.05) is 12.1 Å². The number of hydrogen-bond donors (Lipinski definition) is 1. The molecule has 0 amide bonds. The van der Waals surface area contributed by atoms with E-state index in [4.69, 9.17) is 5.73 Å². The molecule has 0 bridgehead atoms. The molecule has 1 fully saturated rings. The largest absolute Gasteiger partial charge is 0.330 e. The van der Waals surface area contributed by atoms with E-state index < -0.39 is 0 Å². The van der Waals surface area contributed by atoms with Crippen LogP contribution >= 0.6 is 0 Å². The normalized spacial score (nSPS) is 18.1. The zero-order valence-electron chi connectivity index (χ0n) is 10.8. The Bertz CT molecular complexity index is 362. The minimum Gasteiger partial charge on any atom is -0.330 e. The highest BCUT2D eigenvalue weighted by atomic mass is 19.1. The third-order valence-electron chi connectivity index (χ3n) is 3.44. The van der Waals surface area contributed by atoms with Crippen molar-refractivity contribution in [1.82, 2.24) is 9.80 Å². The zero-order chi connectivity index (χ0) is 12.8. The van der Waals surface area contributed by atoms with Crippen LogP contribution in [0.5, 0.6) is 0 Å². The van der Waals surface area contributed by atoms with Crippen LogP contribution in [0, 0.1) is 5.82 Å². The van der Waals surface area contributed by atoms with Gasteiger partial charge in [-0.3, -0.25) is 4.90 Å². The number of piperazine rings is 1. The smallest absolute Gasteiger partial charge is 0.123 e. The summed E-state index contributed by atoms with van der Waals surface area (Å²) in [5.74, 6) is -0.144. The Morgan fingerprint density at radius 1 is 1.11 bits per heavy atom. The number of nitrogens with zero attached hydrogens (tertiary/aromatic N) is 2. The molecule has 18 heavy (non-hydrogen) atoms. The van der Waals surface area contributed by atoms with E-state index in [0.717, 1.165) is 57.8 Å². The molecule has 0 aliphatic carbocycles. The van der Waals surface area contributed by atoms with Crippen molar-refractivity contribution in [3.8, 4) is 0 Å². The molecule has 2 rings (SSSR count). The maximum Gasteiger partial charge on any atom is 0.123 e. The molecule has 1 heterocycles. The van der Waals surface area contributed by atoms with Crippen LogP contribution in [0.2, 0.25) is 0 Å². The molecule has 0 aromatic heterocycles. The third-order valence-corrected chi connectivity index (χ3v) is 3.44. The predicted octanol–water partition coefficient (Wildman–Crippen LogP) is 1.29. The average Bonchev–Trinajstić information content (AvgIpc) is 2.38. The molecule has 2 N–H and O–H groups in total. The van der Waals surface area contributed by atoms with Crippen LogP contribution in [-0.2, 0) is 6.54 Å². The number of nitrogens with two attached hydrogens (primary N) is 1. The summed E-state index contributed by atoms with van der Waals surface area (Å²) in [7, 11) is 0. The molecule has 3 nitrogen and oxygen atoms in total. The minimum atomic E-state index is -0.144. The molecule has 0 atom stereocenters. The van der Waals surface area contributed by atoms with E-state index in [2.05, 4.69) is 9.80 Å². The maximum atomic E-state index is 13.1. The molecule has 0 saturated carbocycles. The van der Waals surface area contributed by atoms with Gasteiger partial charge in [-0.05, 0) is 37.2 Å². The van der Waals surface area contributed by atoms with Gasteiger partial charge in [0.25, 0.3) is 0 Å². The summed E-state index contributed by atoms with van der Waals surface area (Å²) < 4.78 is 13.1. The Morgan fingerprint density at radius 3 is 2.50 bits per heavy atom. The topological polar surface area (TPSA) is 32.5 Å². The van der Waals surface area contributed by atoms with Crippen molar-refractivity contribution < 1.29 is 4.39 Å². The Kier molecular flexibility index (Phi) is 5.11. The summed E-state index contributed by atoms with van der Waals surface area (Å²) in [4.78, 5) is 4.84. The summed E-state index contributed by atoms with van der Waals surface area (Å²) >= 11 is 0. The van der Waals surface area contributed by atoms with Gasteiger partial charge < -0.3 is 10.6 Å². The molecule has 1 aromatic rings. The van der Waals surface area contributed by atoms with Crippen LogP contribution < -0.4 is 5.73 Å². The van der Waals surface area contributed by atoms with Gasteiger partial charge in [0, 0.05) is 32.7 Å². The van der Waals surface area contributed by atoms with E-state index in [9.17, 15) is 4.39 Å². The van der Waals surface area contributed by atoms with E-state index in [1.54, 1.807) is 12.1 Å². The highest BCUT2D eigenvalue weighted by Crippen LogP contribution is 2.10. The fourth-order valence-electron chi connectivity index (χ4n) is 2.38. The first kappa shape index (κ1) is 13.5. The Labute approximate surface area is 108 Å². The summed E-state index contributed by atoms with van der Waals surface area (Å²) in [5, 5.41) is 0. The highest BCUT2D eigenvalue weighted by Gasteiger charge is 2.16. The monoisotopic (exact) mass is 251 g/mol. The lowest BCUT2D eigenvalue weighted by atomic mass is 10.2. The Morgan fingerprint density at radius 2 is 1.83 bits per heavy atom. The van der Waals surface area contributed by atoms with Crippen LogP contribution in [0.3, 0.4) is 0 Å². The SMILES string of the molecule is NCCCN1CCN(Cc2cccc(F)c2)CC1. The van der Waals surface area contributed by atoms with Crippen molar-refractivity contribution in [2.75, 3.05) is 39.3 Å². The molecular formula is C14H22FN3. The fraction of sp³-hybridized carbons (Fsp3) is 0.571. The first-order valence-electron chi connectivity index (χ1n) is 6.67. The first-order chi connectivity index (χ1) is 8.78. The van der Waals surface area contributed by atoms with Gasteiger partial charge in [-0.25, -0.2) is 4.39 Å². The van der Waals surface area contributed by atoms with Gasteiger partial charge in [-0.2, -0.15) is 0 Å². The van der Waals surface area contributed by atoms with Crippen molar-refractivity contribution in [2.45, 2.75) is 13.0 Å². The lowest BCUT2D eigenvalue weighted by Gasteiger charge is -2.34. The lowest BCUT2D eigenvalue weighted by Crippen LogP contribution is -2.46. The fourth-order valence-corrected chi connectivity index (χ4v) is 2.38. The summed E-state index contributed by atoms with van der Waals surface area (Å²) in [6.07, 6.45) is 1.07. The van der Waals surface area contributed by atoms with Crippen LogP contribution in [0.15, 0.2) is 24.3 Å². The molecule has 1 aliphatic rings. The van der Waals surface area contributed by atoms with E-state index in [1.165, 1.54) is 6.07 Å². The van der Waals surface area contributed by atoms with Crippen LogP contribution in [0.1, 0.15) is 12.0 Å². The van der Waals surface area contributed by atoms with Crippen molar-refractivity contribution in [3.63, 3.8) is 0 Å². The molecule has 1 aliphatic heterocycles. The second kappa shape index (κ2) is 6.83. The second-order valence-corrected chi connectivity index (χ2v) is 4.89. The number of rotatable bonds is 5. The lowest BCUT2D eigenvalue weighted by molar-refractivity contribution is 0.126. The quantitative estimate of drug-likeness (QED) is 0.856. The Balaban J connectivity index is 1.76. The van der Waals surface area contributed by atoms with E-state index in [1.807, 2.05) is 6.07 Å². The molecular weight excluding hydrogens is 229 g/mol. The molecule has 0 spiro atoms. The first-order valence-corrected chi connectivity index (χ1v) is 6.67. The number of halogens is 1. The zero-order valence-corrected chi connectivity index (χ0v) is 10.8. The minimum absolute atomic E-state index is 0.144. The van der Waals surface area contributed by atoms with Gasteiger partial charge in [0.15, 0.2) is 0 Å². The van der Waals surface area contributed by atoms with Crippen molar-refractivity contribution in [3.05, 3.63) is 35.6 Å². The summed E-state index contributed by atoms with van der Waals surface area (Å²) in [6, 6.07) is 6.89. The second-order valence-electron chi connectivity index (χ2n) is 4.89. The molecule has 4 heteroatoms. The number of benzene rings is 1. The molecule has 0 radical (unpaired) electrons. The third kappa shape index (κ3) is 4.05. The standard InChI is InChI=1S/C14H22FN3/c15-14-4-1-3-13(11-14)12-18-9-7-17(8-10-18)6-2-5-16/h1,3-4,11H,2,5-10,12,16H2. The molecule has 100 valence electrons. The molecule has 0 unspecified atom stereocenters. The van der Waals surface area contributed by atoms with Gasteiger partial charge in [0.05, 0.1) is 0 Å². The van der Waals surface area contributed by atoms with Crippen molar-refractivity contribution in [2.24, 2.45) is 5.73 Å². The van der Waals surface area contributed by atoms with E-state index in [-0.39, 0.29) is 5.82 Å². The van der Waals surface area contributed by atoms with Gasteiger partial charge in [0.2, 0.25) is 0 Å². The van der Waals surface area contributed by atoms with Crippen LogP contribution in [0.25, 0.3) is 0 Å². The van der Waals surface area contributed by atoms with Crippen LogP contribution in [-0.4, -0.2) is 49.1 Å². The Hall–Kier alpha value is -0.970. The van der Waals surface area contributed by atoms with Crippen molar-refractivity contribution >= 4 is 0 Å². The number of hydrogen-bond acceptors (Lipinski definition) is 3. The molecule has 1 saturated heterocycles. The van der Waals surface area contributed by atoms with Gasteiger partial charge >= 0.3 is 0 Å². The highest BCUT2D eigenvalue weighted by molar-refractivity contribution is 5.16. The van der Waals surface area contributed by atoms with Crippen molar-refractivity contribution in [1.29, 1.82) is 0 Å². The van der Waals surface area contributed by atoms with Gasteiger partial charge in [0.1, 0.15) is 5.82 Å². The molecule has 1 aromatic carbocycles. The summed E-state index contributed by atoms with van der Waals surface area (Å²) in [5.41, 5.74) is 6.58. The predicted molar refractivity (Wildman–Crippen MR) is 71.8 cm³/mol.